The quantitative estimate of drug-likeness (QED) is 0.374. The lowest BCUT2D eigenvalue weighted by atomic mass is 9.79. The lowest BCUT2D eigenvalue weighted by Gasteiger charge is -2.41. The minimum absolute atomic E-state index is 0.0368. The van der Waals surface area contributed by atoms with Gasteiger partial charge < -0.3 is 9.84 Å². The number of carbonyl (C=O) groups excluding carboxylic acids is 2. The van der Waals surface area contributed by atoms with E-state index in [0.29, 0.717) is 6.42 Å². The number of hydrogen-bond donors (Lipinski definition) is 1. The van der Waals surface area contributed by atoms with E-state index in [-0.39, 0.29) is 30.1 Å². The van der Waals surface area contributed by atoms with Crippen LogP contribution in [0.15, 0.2) is 28.5 Å². The van der Waals surface area contributed by atoms with Crippen LogP contribution in [0.1, 0.15) is 74.6 Å². The molecule has 1 fully saturated rings. The van der Waals surface area contributed by atoms with Gasteiger partial charge in [-0.3, -0.25) is 9.59 Å². The molecule has 2 aromatic rings. The summed E-state index contributed by atoms with van der Waals surface area (Å²) in [5.74, 6) is -0.443. The number of thiophene rings is 1. The molecule has 0 spiro atoms. The fourth-order valence-electron chi connectivity index (χ4n) is 4.37. The molecule has 0 aliphatic carbocycles. The first-order chi connectivity index (χ1) is 15.4. The van der Waals surface area contributed by atoms with Gasteiger partial charge in [0.05, 0.1) is 6.61 Å². The molecule has 180 valence electrons. The van der Waals surface area contributed by atoms with E-state index in [1.165, 1.54) is 22.2 Å². The zero-order valence-corrected chi connectivity index (χ0v) is 22.4. The zero-order valence-electron chi connectivity index (χ0n) is 20.8. The van der Waals surface area contributed by atoms with Crippen LogP contribution in [-0.4, -0.2) is 27.7 Å². The van der Waals surface area contributed by atoms with Crippen molar-refractivity contribution in [2.75, 3.05) is 0 Å². The lowest BCUT2D eigenvalue weighted by molar-refractivity contribution is -0.176. The largest absolute Gasteiger partial charge is 0.457 e. The molecule has 1 N–H and O–H groups in total. The minimum atomic E-state index is -0.860. The number of aryl methyl sites for hydroxylation is 3. The smallest absolute Gasteiger partial charge is 0.327 e. The van der Waals surface area contributed by atoms with Gasteiger partial charge in [0.15, 0.2) is 11.0 Å². The van der Waals surface area contributed by atoms with Gasteiger partial charge in [0.25, 0.3) is 0 Å². The molecule has 4 nitrogen and oxygen atoms in total. The number of esters is 1. The fourth-order valence-corrected chi connectivity index (χ4v) is 6.63. The number of Topliss-reactive ketones (excluding diaryl/α,β-unsaturated/α-hetero) is 1. The van der Waals surface area contributed by atoms with Gasteiger partial charge in [0, 0.05) is 16.2 Å². The van der Waals surface area contributed by atoms with Gasteiger partial charge in [0.2, 0.25) is 0 Å². The highest BCUT2D eigenvalue weighted by atomic mass is 32.2. The maximum atomic E-state index is 13.4. The van der Waals surface area contributed by atoms with Gasteiger partial charge in [-0.2, -0.15) is 0 Å². The Morgan fingerprint density at radius 2 is 1.91 bits per heavy atom. The molecular weight excluding hydrogens is 452 g/mol. The van der Waals surface area contributed by atoms with Gasteiger partial charge in [-0.1, -0.05) is 40.7 Å². The van der Waals surface area contributed by atoms with Gasteiger partial charge in [-0.25, -0.2) is 0 Å². The SMILES string of the molecule is Cc1cc(SC2C(=O)CC(CCc3sccc3C)(C(C)C)OC2=O)c(C(C)(C)C)cc1CO. The summed E-state index contributed by atoms with van der Waals surface area (Å²) in [6.07, 6.45) is 1.70. The van der Waals surface area contributed by atoms with E-state index in [4.69, 9.17) is 4.74 Å². The Balaban J connectivity index is 1.85. The van der Waals surface area contributed by atoms with Gasteiger partial charge >= 0.3 is 5.97 Å². The summed E-state index contributed by atoms with van der Waals surface area (Å²) in [7, 11) is 0. The molecule has 1 aliphatic heterocycles. The number of thioether (sulfide) groups is 1. The van der Waals surface area contributed by atoms with Crippen LogP contribution in [0.2, 0.25) is 0 Å². The van der Waals surface area contributed by atoms with Crippen LogP contribution in [0.3, 0.4) is 0 Å². The summed E-state index contributed by atoms with van der Waals surface area (Å²) < 4.78 is 6.11. The molecule has 0 radical (unpaired) electrons. The zero-order chi connectivity index (χ0) is 24.6. The van der Waals surface area contributed by atoms with Gasteiger partial charge in [-0.05, 0) is 77.8 Å². The third-order valence-electron chi connectivity index (χ3n) is 6.74. The van der Waals surface area contributed by atoms with Crippen LogP contribution in [0.5, 0.6) is 0 Å². The number of hydrogen-bond acceptors (Lipinski definition) is 6. The van der Waals surface area contributed by atoms with E-state index in [9.17, 15) is 14.7 Å². The number of rotatable bonds is 7. The molecule has 0 bridgehead atoms. The Kier molecular flexibility index (Phi) is 7.82. The number of cyclic esters (lactones) is 1. The lowest BCUT2D eigenvalue weighted by Crippen LogP contribution is -2.52. The molecule has 1 aromatic carbocycles. The number of ketones is 1. The normalized spacial score (nSPS) is 21.5. The summed E-state index contributed by atoms with van der Waals surface area (Å²) in [6, 6.07) is 6.09. The molecule has 2 atom stereocenters. The van der Waals surface area contributed by atoms with Crippen LogP contribution in [0.4, 0.5) is 0 Å². The third kappa shape index (κ3) is 5.55. The number of benzene rings is 1. The minimum Gasteiger partial charge on any atom is -0.457 e. The molecular formula is C27H36O4S2. The van der Waals surface area contributed by atoms with Crippen molar-refractivity contribution in [1.82, 2.24) is 0 Å². The van der Waals surface area contributed by atoms with E-state index in [2.05, 4.69) is 39.1 Å². The van der Waals surface area contributed by atoms with Crippen LogP contribution in [-0.2, 0) is 32.8 Å². The standard InChI is InChI=1S/C27H36O4S2/c1-16(2)27(10-8-22-17(3)9-11-32-22)14-21(29)24(25(30)31-27)33-23-12-18(4)19(15-28)13-20(23)26(5,6)7/h9,11-13,16,24,28H,8,10,14-15H2,1-7H3. The monoisotopic (exact) mass is 488 g/mol. The first-order valence-corrected chi connectivity index (χ1v) is 13.3. The summed E-state index contributed by atoms with van der Waals surface area (Å²) in [5, 5.41) is 10.9. The highest BCUT2D eigenvalue weighted by Crippen LogP contribution is 2.43. The van der Waals surface area contributed by atoms with Crippen LogP contribution < -0.4 is 0 Å². The second-order valence-corrected chi connectivity index (χ2v) is 12.6. The fraction of sp³-hybridized carbons (Fsp3) is 0.556. The molecule has 2 unspecified atom stereocenters. The van der Waals surface area contributed by atoms with E-state index in [1.807, 2.05) is 32.9 Å². The van der Waals surface area contributed by atoms with Crippen molar-refractivity contribution in [3.63, 3.8) is 0 Å². The molecule has 1 saturated heterocycles. The second kappa shape index (κ2) is 9.93. The summed E-state index contributed by atoms with van der Waals surface area (Å²) in [4.78, 5) is 28.8. The first kappa shape index (κ1) is 26.0. The second-order valence-electron chi connectivity index (χ2n) is 10.5. The van der Waals surface area contributed by atoms with Crippen molar-refractivity contribution in [2.24, 2.45) is 5.92 Å². The summed E-state index contributed by atoms with van der Waals surface area (Å²) >= 11 is 3.01. The highest BCUT2D eigenvalue weighted by Gasteiger charge is 2.49. The predicted molar refractivity (Wildman–Crippen MR) is 136 cm³/mol. The van der Waals surface area contributed by atoms with E-state index < -0.39 is 16.8 Å². The van der Waals surface area contributed by atoms with Crippen molar-refractivity contribution in [2.45, 2.75) is 95.5 Å². The number of aliphatic hydroxyl groups excluding tert-OH is 1. The van der Waals surface area contributed by atoms with Crippen molar-refractivity contribution >= 4 is 34.9 Å². The Hall–Kier alpha value is -1.63. The van der Waals surface area contributed by atoms with Crippen molar-refractivity contribution in [3.05, 3.63) is 50.7 Å². The topological polar surface area (TPSA) is 63.6 Å². The van der Waals surface area contributed by atoms with E-state index in [1.54, 1.807) is 11.3 Å². The van der Waals surface area contributed by atoms with Gasteiger partial charge in [0.1, 0.15) is 5.60 Å². The molecule has 2 heterocycles. The molecule has 3 rings (SSSR count). The van der Waals surface area contributed by atoms with Crippen molar-refractivity contribution < 1.29 is 19.4 Å². The van der Waals surface area contributed by atoms with Crippen LogP contribution in [0, 0.1) is 19.8 Å². The Morgan fingerprint density at radius 3 is 2.42 bits per heavy atom. The molecule has 1 aromatic heterocycles. The predicted octanol–water partition coefficient (Wildman–Crippen LogP) is 6.16. The van der Waals surface area contributed by atoms with Crippen molar-refractivity contribution in [1.29, 1.82) is 0 Å². The maximum Gasteiger partial charge on any atom is 0.327 e. The van der Waals surface area contributed by atoms with Crippen LogP contribution in [0.25, 0.3) is 0 Å². The number of ether oxygens (including phenoxy) is 1. The molecule has 0 saturated carbocycles. The average molecular weight is 489 g/mol. The van der Waals surface area contributed by atoms with E-state index >= 15 is 0 Å². The number of aliphatic hydroxyl groups is 1. The Bertz CT molecular complexity index is 1010. The third-order valence-corrected chi connectivity index (χ3v) is 9.11. The summed E-state index contributed by atoms with van der Waals surface area (Å²) in [5.41, 5.74) is 3.14. The molecule has 33 heavy (non-hydrogen) atoms. The summed E-state index contributed by atoms with van der Waals surface area (Å²) in [6.45, 7) is 14.4. The molecule has 1 aliphatic rings. The van der Waals surface area contributed by atoms with Crippen molar-refractivity contribution in [3.8, 4) is 0 Å². The molecule has 6 heteroatoms. The maximum absolute atomic E-state index is 13.4. The van der Waals surface area contributed by atoms with E-state index in [0.717, 1.165) is 28.0 Å². The van der Waals surface area contributed by atoms with Gasteiger partial charge in [-0.15, -0.1) is 23.1 Å². The first-order valence-electron chi connectivity index (χ1n) is 11.6. The highest BCUT2D eigenvalue weighted by molar-refractivity contribution is 8.01. The Morgan fingerprint density at radius 1 is 1.21 bits per heavy atom. The van der Waals surface area contributed by atoms with Crippen LogP contribution >= 0.6 is 23.1 Å². The Labute approximate surface area is 206 Å². The average Bonchev–Trinajstić information content (AvgIpc) is 3.13. The molecule has 0 amide bonds. The number of carbonyl (C=O) groups is 2.